The monoisotopic (exact) mass is 165 g/mol. The normalized spacial score (nSPS) is 9.82. The summed E-state index contributed by atoms with van der Waals surface area (Å²) in [6.45, 7) is 6.65. The minimum absolute atomic E-state index is 0.300. The van der Waals surface area contributed by atoms with Crippen LogP contribution in [0, 0.1) is 15.5 Å². The van der Waals surface area contributed by atoms with Crippen LogP contribution in [0.15, 0.2) is 0 Å². The van der Waals surface area contributed by atoms with E-state index in [1.165, 1.54) is 0 Å². The first-order chi connectivity index (χ1) is 4.79. The van der Waals surface area contributed by atoms with Gasteiger partial charge in [-0.15, -0.1) is 10.1 Å². The van der Waals surface area contributed by atoms with Crippen LogP contribution in [0.3, 0.4) is 0 Å². The molecule has 11 heavy (non-hydrogen) atoms. The molecule has 0 radical (unpaired) electrons. The highest BCUT2D eigenvalue weighted by Gasteiger charge is 2.06. The Bertz CT molecular complexity index is 104. The summed E-state index contributed by atoms with van der Waals surface area (Å²) >= 11 is 0. The van der Waals surface area contributed by atoms with Crippen molar-refractivity contribution in [3.63, 3.8) is 0 Å². The lowest BCUT2D eigenvalue weighted by Crippen LogP contribution is -2.06. The average molecular weight is 165 g/mol. The Hall–Kier alpha value is -0.840. The van der Waals surface area contributed by atoms with Gasteiger partial charge in [0.25, 0.3) is 5.09 Å². The van der Waals surface area contributed by atoms with Crippen LogP contribution in [0.2, 0.25) is 0 Å². The highest BCUT2D eigenvalue weighted by Crippen LogP contribution is 2.16. The quantitative estimate of drug-likeness (QED) is 0.449. The summed E-state index contributed by atoms with van der Waals surface area (Å²) in [7, 11) is 0. The predicted molar refractivity (Wildman–Crippen MR) is 39.9 cm³/mol. The fourth-order valence-corrected chi connectivity index (χ4v) is 0.335. The van der Waals surface area contributed by atoms with Crippen molar-refractivity contribution in [3.05, 3.63) is 10.1 Å². The van der Waals surface area contributed by atoms with E-state index in [-0.39, 0.29) is 0 Å². The summed E-state index contributed by atoms with van der Waals surface area (Å²) in [5.41, 5.74) is 0.300. The molecule has 0 amide bonds. The van der Waals surface area contributed by atoms with Crippen LogP contribution in [-0.4, -0.2) is 22.0 Å². The standard InChI is InChI=1S/C6H14O.HNO3/c1-6(2,3)4-5-7;2-1(3)4/h7H,4-5H2,1-3H3;(H,2,3,4). The molecule has 0 saturated heterocycles. The van der Waals surface area contributed by atoms with Crippen molar-refractivity contribution in [1.29, 1.82) is 0 Å². The Balaban J connectivity index is 0. The summed E-state index contributed by atoms with van der Waals surface area (Å²) in [4.78, 5) is 8.36. The molecule has 0 saturated carbocycles. The Morgan fingerprint density at radius 3 is 1.73 bits per heavy atom. The van der Waals surface area contributed by atoms with Crippen LogP contribution >= 0.6 is 0 Å². The van der Waals surface area contributed by atoms with E-state index in [0.717, 1.165) is 6.42 Å². The maximum absolute atomic E-state index is 8.40. The Labute approximate surface area is 65.8 Å². The second kappa shape index (κ2) is 5.91. The van der Waals surface area contributed by atoms with Gasteiger partial charge >= 0.3 is 0 Å². The van der Waals surface area contributed by atoms with Crippen molar-refractivity contribution in [3.8, 4) is 0 Å². The minimum atomic E-state index is -1.50. The van der Waals surface area contributed by atoms with Gasteiger partial charge in [-0.05, 0) is 11.8 Å². The number of hydrogen-bond donors (Lipinski definition) is 2. The van der Waals surface area contributed by atoms with Crippen molar-refractivity contribution < 1.29 is 15.4 Å². The van der Waals surface area contributed by atoms with E-state index in [1.807, 2.05) is 0 Å². The summed E-state index contributed by atoms with van der Waals surface area (Å²) in [5.74, 6) is 0. The van der Waals surface area contributed by atoms with Crippen LogP contribution in [0.4, 0.5) is 0 Å². The largest absolute Gasteiger partial charge is 0.396 e. The van der Waals surface area contributed by atoms with Gasteiger partial charge in [0, 0.05) is 6.61 Å². The molecule has 0 atom stereocenters. The molecule has 0 unspecified atom stereocenters. The van der Waals surface area contributed by atoms with E-state index in [0.29, 0.717) is 12.0 Å². The third-order valence-electron chi connectivity index (χ3n) is 0.862. The first-order valence-corrected chi connectivity index (χ1v) is 3.23. The molecular formula is C6H15NO4. The van der Waals surface area contributed by atoms with Gasteiger partial charge in [-0.2, -0.15) is 0 Å². The minimum Gasteiger partial charge on any atom is -0.396 e. The molecule has 5 heteroatoms. The van der Waals surface area contributed by atoms with Crippen molar-refractivity contribution >= 4 is 0 Å². The smallest absolute Gasteiger partial charge is 0.291 e. The van der Waals surface area contributed by atoms with E-state index in [2.05, 4.69) is 20.8 Å². The third kappa shape index (κ3) is 47.0. The van der Waals surface area contributed by atoms with Crippen molar-refractivity contribution in [1.82, 2.24) is 0 Å². The van der Waals surface area contributed by atoms with Crippen molar-refractivity contribution in [2.24, 2.45) is 5.41 Å². The van der Waals surface area contributed by atoms with Gasteiger partial charge in [0.15, 0.2) is 0 Å². The first-order valence-electron chi connectivity index (χ1n) is 3.23. The van der Waals surface area contributed by atoms with Gasteiger partial charge in [-0.25, -0.2) is 0 Å². The highest BCUT2D eigenvalue weighted by molar-refractivity contribution is 4.58. The molecule has 0 fully saturated rings. The fraction of sp³-hybridized carbons (Fsp3) is 1.00. The summed E-state index contributed by atoms with van der Waals surface area (Å²) in [5, 5.41) is 22.0. The molecule has 0 aliphatic heterocycles. The van der Waals surface area contributed by atoms with Gasteiger partial charge in [-0.1, -0.05) is 20.8 Å². The highest BCUT2D eigenvalue weighted by atomic mass is 16.9. The lowest BCUT2D eigenvalue weighted by atomic mass is 9.93. The van der Waals surface area contributed by atoms with Crippen LogP contribution in [0.5, 0.6) is 0 Å². The van der Waals surface area contributed by atoms with Gasteiger partial charge in [-0.3, -0.25) is 0 Å². The van der Waals surface area contributed by atoms with Gasteiger partial charge in [0.05, 0.1) is 0 Å². The van der Waals surface area contributed by atoms with E-state index in [9.17, 15) is 0 Å². The molecule has 2 N–H and O–H groups in total. The first kappa shape index (κ1) is 12.8. The molecule has 68 valence electrons. The lowest BCUT2D eigenvalue weighted by molar-refractivity contribution is -0.742. The predicted octanol–water partition coefficient (Wildman–Crippen LogP) is 1.07. The molecule has 0 rings (SSSR count). The summed E-state index contributed by atoms with van der Waals surface area (Å²) in [6.07, 6.45) is 0.896. The molecule has 0 spiro atoms. The second-order valence-corrected chi connectivity index (χ2v) is 3.27. The average Bonchev–Trinajstić information content (AvgIpc) is 1.58. The van der Waals surface area contributed by atoms with Crippen LogP contribution in [0.25, 0.3) is 0 Å². The Morgan fingerprint density at radius 1 is 1.45 bits per heavy atom. The molecule has 0 aliphatic rings. The maximum atomic E-state index is 8.40. The zero-order valence-corrected chi connectivity index (χ0v) is 7.07. The molecular weight excluding hydrogens is 150 g/mol. The Morgan fingerprint density at radius 2 is 1.73 bits per heavy atom. The molecule has 0 aliphatic carbocycles. The molecule has 5 nitrogen and oxygen atoms in total. The number of hydrogen-bond acceptors (Lipinski definition) is 3. The Kier molecular flexibility index (Phi) is 6.88. The number of aliphatic hydroxyl groups is 1. The zero-order valence-electron chi connectivity index (χ0n) is 7.07. The molecule has 0 aromatic rings. The molecule has 0 aromatic carbocycles. The van der Waals surface area contributed by atoms with Gasteiger partial charge < -0.3 is 10.3 Å². The molecule has 0 bridgehead atoms. The topological polar surface area (TPSA) is 83.6 Å². The van der Waals surface area contributed by atoms with Gasteiger partial charge in [0.2, 0.25) is 0 Å². The SMILES string of the molecule is CC(C)(C)CCO.O=[N+]([O-])O. The van der Waals surface area contributed by atoms with Gasteiger partial charge in [0.1, 0.15) is 0 Å². The lowest BCUT2D eigenvalue weighted by Gasteiger charge is -2.14. The molecule has 0 heterocycles. The van der Waals surface area contributed by atoms with Crippen LogP contribution < -0.4 is 0 Å². The maximum Gasteiger partial charge on any atom is 0.291 e. The van der Waals surface area contributed by atoms with E-state index < -0.39 is 5.09 Å². The fourth-order valence-electron chi connectivity index (χ4n) is 0.335. The number of aliphatic hydroxyl groups excluding tert-OH is 1. The van der Waals surface area contributed by atoms with Crippen molar-refractivity contribution in [2.45, 2.75) is 27.2 Å². The van der Waals surface area contributed by atoms with E-state index in [4.69, 9.17) is 20.4 Å². The van der Waals surface area contributed by atoms with Crippen LogP contribution in [0.1, 0.15) is 27.2 Å². The zero-order chi connectivity index (χ0) is 9.49. The van der Waals surface area contributed by atoms with E-state index in [1.54, 1.807) is 0 Å². The third-order valence-corrected chi connectivity index (χ3v) is 0.862. The molecule has 0 aromatic heterocycles. The van der Waals surface area contributed by atoms with Crippen LogP contribution in [-0.2, 0) is 0 Å². The second-order valence-electron chi connectivity index (χ2n) is 3.27. The van der Waals surface area contributed by atoms with E-state index >= 15 is 0 Å². The number of nitrogens with zero attached hydrogens (tertiary/aromatic N) is 1. The summed E-state index contributed by atoms with van der Waals surface area (Å²) < 4.78 is 0. The number of rotatable bonds is 1. The summed E-state index contributed by atoms with van der Waals surface area (Å²) in [6, 6.07) is 0. The van der Waals surface area contributed by atoms with Crippen molar-refractivity contribution in [2.75, 3.05) is 6.61 Å².